The molecule has 4 heterocycles. The lowest BCUT2D eigenvalue weighted by molar-refractivity contribution is -0.122. The molecule has 0 atom stereocenters. The van der Waals surface area contributed by atoms with E-state index in [0.29, 0.717) is 51.7 Å². The molecule has 0 bridgehead atoms. The van der Waals surface area contributed by atoms with E-state index < -0.39 is 0 Å². The quantitative estimate of drug-likeness (QED) is 0.362. The van der Waals surface area contributed by atoms with Crippen LogP contribution in [0.3, 0.4) is 0 Å². The van der Waals surface area contributed by atoms with Crippen LogP contribution in [0.15, 0.2) is 28.0 Å². The number of aryl methyl sites for hydroxylation is 1. The molecular weight excluding hydrogens is 444 g/mol. The maximum atomic E-state index is 13.5. The van der Waals surface area contributed by atoms with Crippen LogP contribution < -0.4 is 10.5 Å². The fourth-order valence-corrected chi connectivity index (χ4v) is 5.37. The zero-order valence-corrected chi connectivity index (χ0v) is 20.3. The minimum absolute atomic E-state index is 0.164. The average Bonchev–Trinajstić information content (AvgIpc) is 3.04. The minimum Gasteiger partial charge on any atom is -0.385 e. The SMILES string of the molecule is COCCCN1C(=O)/C(=C/c2c(N3CCC(C)CC3)nc3c(C)cccn3c2=O)SC1=S. The van der Waals surface area contributed by atoms with E-state index in [-0.39, 0.29) is 11.5 Å². The second-order valence-corrected chi connectivity index (χ2v) is 10.1. The third-order valence-corrected chi connectivity index (χ3v) is 7.40. The van der Waals surface area contributed by atoms with Gasteiger partial charge in [-0.2, -0.15) is 0 Å². The molecule has 2 fully saturated rings. The molecule has 9 heteroatoms. The lowest BCUT2D eigenvalue weighted by Gasteiger charge is -2.32. The highest BCUT2D eigenvalue weighted by molar-refractivity contribution is 8.26. The number of rotatable bonds is 6. The summed E-state index contributed by atoms with van der Waals surface area (Å²) >= 11 is 6.68. The van der Waals surface area contributed by atoms with Crippen molar-refractivity contribution in [3.8, 4) is 0 Å². The van der Waals surface area contributed by atoms with Crippen molar-refractivity contribution in [2.24, 2.45) is 5.92 Å². The molecule has 2 aromatic heterocycles. The summed E-state index contributed by atoms with van der Waals surface area (Å²) in [5.41, 5.74) is 1.86. The number of ether oxygens (including phenoxy) is 1. The van der Waals surface area contributed by atoms with Crippen LogP contribution in [-0.2, 0) is 9.53 Å². The lowest BCUT2D eigenvalue weighted by atomic mass is 9.99. The molecule has 2 aliphatic rings. The molecule has 2 aliphatic heterocycles. The number of piperidine rings is 1. The second kappa shape index (κ2) is 9.72. The highest BCUT2D eigenvalue weighted by Crippen LogP contribution is 2.34. The van der Waals surface area contributed by atoms with Gasteiger partial charge in [-0.15, -0.1) is 0 Å². The number of methoxy groups -OCH3 is 1. The first-order chi connectivity index (χ1) is 15.4. The highest BCUT2D eigenvalue weighted by Gasteiger charge is 2.33. The number of thioether (sulfide) groups is 1. The Kier molecular flexibility index (Phi) is 6.97. The first-order valence-electron chi connectivity index (χ1n) is 10.9. The molecule has 0 spiro atoms. The van der Waals surface area contributed by atoms with E-state index >= 15 is 0 Å². The van der Waals surface area contributed by atoms with Crippen molar-refractivity contribution in [1.82, 2.24) is 14.3 Å². The summed E-state index contributed by atoms with van der Waals surface area (Å²) < 4.78 is 7.17. The van der Waals surface area contributed by atoms with Gasteiger partial charge >= 0.3 is 0 Å². The van der Waals surface area contributed by atoms with E-state index in [1.165, 1.54) is 11.8 Å². The molecule has 4 rings (SSSR count). The predicted octanol–water partition coefficient (Wildman–Crippen LogP) is 3.48. The zero-order valence-electron chi connectivity index (χ0n) is 18.7. The van der Waals surface area contributed by atoms with Gasteiger partial charge in [-0.05, 0) is 49.8 Å². The van der Waals surface area contributed by atoms with Crippen molar-refractivity contribution in [1.29, 1.82) is 0 Å². The molecule has 0 aliphatic carbocycles. The van der Waals surface area contributed by atoms with Crippen LogP contribution in [0.4, 0.5) is 5.82 Å². The summed E-state index contributed by atoms with van der Waals surface area (Å²) in [4.78, 5) is 35.7. The van der Waals surface area contributed by atoms with Crippen molar-refractivity contribution in [2.45, 2.75) is 33.1 Å². The average molecular weight is 473 g/mol. The van der Waals surface area contributed by atoms with E-state index in [4.69, 9.17) is 21.9 Å². The van der Waals surface area contributed by atoms with Crippen LogP contribution in [0.1, 0.15) is 37.3 Å². The Morgan fingerprint density at radius 1 is 1.31 bits per heavy atom. The number of carbonyl (C=O) groups excluding carboxylic acids is 1. The van der Waals surface area contributed by atoms with Gasteiger partial charge in [0.2, 0.25) is 0 Å². The number of hydrogen-bond donors (Lipinski definition) is 0. The highest BCUT2D eigenvalue weighted by atomic mass is 32.2. The predicted molar refractivity (Wildman–Crippen MR) is 133 cm³/mol. The summed E-state index contributed by atoms with van der Waals surface area (Å²) in [6.45, 7) is 6.95. The molecule has 0 aromatic carbocycles. The Hall–Kier alpha value is -2.23. The van der Waals surface area contributed by atoms with Crippen LogP contribution in [0.25, 0.3) is 11.7 Å². The van der Waals surface area contributed by atoms with Crippen molar-refractivity contribution < 1.29 is 9.53 Å². The first kappa shape index (κ1) is 22.9. The molecule has 2 aromatic rings. The summed E-state index contributed by atoms with van der Waals surface area (Å²) in [6, 6.07) is 3.79. The molecule has 2 saturated heterocycles. The Bertz CT molecular complexity index is 1140. The monoisotopic (exact) mass is 472 g/mol. The Labute approximate surface area is 197 Å². The van der Waals surface area contributed by atoms with E-state index in [2.05, 4.69) is 11.8 Å². The van der Waals surface area contributed by atoms with Crippen molar-refractivity contribution in [3.63, 3.8) is 0 Å². The third-order valence-electron chi connectivity index (χ3n) is 6.03. The number of thiocarbonyl (C=S) groups is 1. The van der Waals surface area contributed by atoms with E-state index in [1.807, 2.05) is 19.1 Å². The smallest absolute Gasteiger partial charge is 0.267 e. The maximum Gasteiger partial charge on any atom is 0.267 e. The van der Waals surface area contributed by atoms with Gasteiger partial charge in [0.05, 0.1) is 10.5 Å². The fourth-order valence-electron chi connectivity index (χ4n) is 4.08. The summed E-state index contributed by atoms with van der Waals surface area (Å²) in [6.07, 6.45) is 6.22. The summed E-state index contributed by atoms with van der Waals surface area (Å²) in [7, 11) is 1.63. The second-order valence-electron chi connectivity index (χ2n) is 8.39. The maximum absolute atomic E-state index is 13.5. The third kappa shape index (κ3) is 4.46. The molecule has 32 heavy (non-hydrogen) atoms. The van der Waals surface area contributed by atoms with E-state index in [0.717, 1.165) is 31.5 Å². The van der Waals surface area contributed by atoms with Gasteiger partial charge in [-0.1, -0.05) is 37.0 Å². The van der Waals surface area contributed by atoms with Gasteiger partial charge in [-0.3, -0.25) is 18.9 Å². The van der Waals surface area contributed by atoms with Crippen LogP contribution in [0.2, 0.25) is 0 Å². The number of nitrogens with zero attached hydrogens (tertiary/aromatic N) is 4. The van der Waals surface area contributed by atoms with E-state index in [9.17, 15) is 9.59 Å². The van der Waals surface area contributed by atoms with Crippen LogP contribution in [-0.4, -0.2) is 57.9 Å². The van der Waals surface area contributed by atoms with Gasteiger partial charge in [0, 0.05) is 39.5 Å². The summed E-state index contributed by atoms with van der Waals surface area (Å²) in [5.74, 6) is 1.14. The first-order valence-corrected chi connectivity index (χ1v) is 12.1. The number of pyridine rings is 1. The lowest BCUT2D eigenvalue weighted by Crippen LogP contribution is -2.36. The van der Waals surface area contributed by atoms with Crippen LogP contribution in [0, 0.1) is 12.8 Å². The standard InChI is InChI=1S/C23H28N4O3S2/c1-15-7-11-25(12-8-15)20-17(21(28)26-9-4-6-16(2)19(26)24-20)14-18-22(29)27(23(31)32-18)10-5-13-30-3/h4,6,9,14-15H,5,7-8,10-13H2,1-3H3/b18-14-. The van der Waals surface area contributed by atoms with E-state index in [1.54, 1.807) is 28.7 Å². The van der Waals surface area contributed by atoms with Crippen molar-refractivity contribution in [3.05, 3.63) is 44.7 Å². The van der Waals surface area contributed by atoms with Crippen LogP contribution >= 0.6 is 24.0 Å². The normalized spacial score (nSPS) is 19.0. The van der Waals surface area contributed by atoms with Gasteiger partial charge < -0.3 is 9.64 Å². The molecule has 0 radical (unpaired) electrons. The number of anilines is 1. The minimum atomic E-state index is -0.169. The Morgan fingerprint density at radius 2 is 2.06 bits per heavy atom. The topological polar surface area (TPSA) is 67.2 Å². The number of carbonyl (C=O) groups is 1. The molecule has 1 amide bonds. The molecule has 0 saturated carbocycles. The molecule has 0 unspecified atom stereocenters. The Balaban J connectivity index is 1.78. The zero-order chi connectivity index (χ0) is 22.8. The largest absolute Gasteiger partial charge is 0.385 e. The van der Waals surface area contributed by atoms with Crippen molar-refractivity contribution >= 4 is 51.7 Å². The molecule has 0 N–H and O–H groups in total. The number of hydrogen-bond acceptors (Lipinski definition) is 7. The van der Waals surface area contributed by atoms with Gasteiger partial charge in [0.25, 0.3) is 11.5 Å². The van der Waals surface area contributed by atoms with Gasteiger partial charge in [-0.25, -0.2) is 4.98 Å². The Morgan fingerprint density at radius 3 is 2.78 bits per heavy atom. The van der Waals surface area contributed by atoms with Gasteiger partial charge in [0.1, 0.15) is 15.8 Å². The molecule has 7 nitrogen and oxygen atoms in total. The van der Waals surface area contributed by atoms with Crippen molar-refractivity contribution in [2.75, 3.05) is 38.3 Å². The number of fused-ring (bicyclic) bond motifs is 1. The molecule has 170 valence electrons. The van der Waals surface area contributed by atoms with Gasteiger partial charge in [0.15, 0.2) is 0 Å². The summed E-state index contributed by atoms with van der Waals surface area (Å²) in [5, 5.41) is 0. The fraction of sp³-hybridized carbons (Fsp3) is 0.478. The van der Waals surface area contributed by atoms with Crippen LogP contribution in [0.5, 0.6) is 0 Å². The number of aromatic nitrogens is 2. The molecular formula is C23H28N4O3S2. The number of amides is 1.